The largest absolute Gasteiger partial charge is 0.493 e. The number of likely N-dealkylation sites (tertiary alicyclic amines) is 1. The summed E-state index contributed by atoms with van der Waals surface area (Å²) in [6.45, 7) is 3.68. The van der Waals surface area contributed by atoms with Crippen LogP contribution in [-0.4, -0.2) is 53.8 Å². The number of pyridine rings is 1. The molecule has 1 aromatic heterocycles. The summed E-state index contributed by atoms with van der Waals surface area (Å²) in [7, 11) is 1.73. The predicted molar refractivity (Wildman–Crippen MR) is 114 cm³/mol. The molecule has 30 heavy (non-hydrogen) atoms. The van der Waals surface area contributed by atoms with Crippen molar-refractivity contribution in [3.8, 4) is 5.75 Å². The van der Waals surface area contributed by atoms with E-state index in [0.29, 0.717) is 44.9 Å². The molecule has 0 unspecified atom stereocenters. The van der Waals surface area contributed by atoms with Crippen molar-refractivity contribution in [3.05, 3.63) is 40.7 Å². The van der Waals surface area contributed by atoms with Crippen LogP contribution in [0.2, 0.25) is 0 Å². The minimum atomic E-state index is -0.289. The summed E-state index contributed by atoms with van der Waals surface area (Å²) < 4.78 is 12.4. The number of carbonyl (C=O) groups excluding carboxylic acids is 2. The number of aromatic nitrogens is 1. The highest BCUT2D eigenvalue weighted by molar-refractivity contribution is 5.85. The molecule has 0 atom stereocenters. The van der Waals surface area contributed by atoms with E-state index in [1.54, 1.807) is 23.4 Å². The summed E-state index contributed by atoms with van der Waals surface area (Å²) in [5.74, 6) is 0.516. The molecule has 2 aromatic rings. The van der Waals surface area contributed by atoms with Crippen LogP contribution < -0.4 is 15.6 Å². The highest BCUT2D eigenvalue weighted by Gasteiger charge is 2.24. The molecule has 8 nitrogen and oxygen atoms in total. The summed E-state index contributed by atoms with van der Waals surface area (Å²) in [6.07, 6.45) is 2.06. The minimum Gasteiger partial charge on any atom is -0.493 e. The van der Waals surface area contributed by atoms with Crippen molar-refractivity contribution in [2.24, 2.45) is 7.05 Å². The summed E-state index contributed by atoms with van der Waals surface area (Å²) in [6, 6.07) is 9.14. The van der Waals surface area contributed by atoms with Gasteiger partial charge in [0.25, 0.3) is 5.56 Å². The zero-order chi connectivity index (χ0) is 21.5. The molecule has 1 aliphatic heterocycles. The Hall–Kier alpha value is -3.03. The molecule has 0 aliphatic carbocycles. The standard InChI is InChI=1S/C22H29N3O5/c1-3-29-22(28)25-12-10-16(11-13-25)23-20(26)9-6-14-30-19-15-21(27)24(2)18-8-5-4-7-17(18)19/h4-5,7-8,15-16H,3,6,9-14H2,1-2H3,(H,23,26). The third-order valence-electron chi connectivity index (χ3n) is 5.31. The fraction of sp³-hybridized carbons (Fsp3) is 0.500. The van der Waals surface area contributed by atoms with Crippen LogP contribution >= 0.6 is 0 Å². The number of aryl methyl sites for hydroxylation is 1. The van der Waals surface area contributed by atoms with Crippen LogP contribution in [0.25, 0.3) is 10.9 Å². The molecule has 2 amide bonds. The van der Waals surface area contributed by atoms with Gasteiger partial charge in [-0.05, 0) is 38.3 Å². The van der Waals surface area contributed by atoms with Gasteiger partial charge in [0.1, 0.15) is 5.75 Å². The molecule has 2 heterocycles. The van der Waals surface area contributed by atoms with E-state index < -0.39 is 0 Å². The van der Waals surface area contributed by atoms with Crippen molar-refractivity contribution < 1.29 is 19.1 Å². The molecule has 162 valence electrons. The summed E-state index contributed by atoms with van der Waals surface area (Å²) in [5, 5.41) is 3.90. The number of carbonyl (C=O) groups is 2. The van der Waals surface area contributed by atoms with Gasteiger partial charge in [-0.3, -0.25) is 9.59 Å². The van der Waals surface area contributed by atoms with Crippen molar-refractivity contribution in [3.63, 3.8) is 0 Å². The molecule has 1 fully saturated rings. The highest BCUT2D eigenvalue weighted by Crippen LogP contribution is 2.23. The fourth-order valence-corrected chi connectivity index (χ4v) is 3.64. The van der Waals surface area contributed by atoms with E-state index in [1.807, 2.05) is 24.3 Å². The van der Waals surface area contributed by atoms with Gasteiger partial charge in [0.15, 0.2) is 0 Å². The Morgan fingerprint density at radius 3 is 2.67 bits per heavy atom. The fourth-order valence-electron chi connectivity index (χ4n) is 3.64. The van der Waals surface area contributed by atoms with Gasteiger partial charge in [-0.2, -0.15) is 0 Å². The zero-order valence-corrected chi connectivity index (χ0v) is 17.6. The van der Waals surface area contributed by atoms with Gasteiger partial charge in [0.05, 0.1) is 18.7 Å². The molecule has 1 aliphatic rings. The number of benzene rings is 1. The van der Waals surface area contributed by atoms with Crippen LogP contribution in [-0.2, 0) is 16.6 Å². The Kier molecular flexibility index (Phi) is 7.32. The van der Waals surface area contributed by atoms with Crippen molar-refractivity contribution in [2.45, 2.75) is 38.6 Å². The zero-order valence-electron chi connectivity index (χ0n) is 17.6. The monoisotopic (exact) mass is 415 g/mol. The molecule has 1 saturated heterocycles. The smallest absolute Gasteiger partial charge is 0.409 e. The van der Waals surface area contributed by atoms with Gasteiger partial charge in [-0.1, -0.05) is 12.1 Å². The molecule has 0 radical (unpaired) electrons. The third-order valence-corrected chi connectivity index (χ3v) is 5.31. The summed E-state index contributed by atoms with van der Waals surface area (Å²) in [4.78, 5) is 37.7. The number of ether oxygens (including phenoxy) is 2. The average Bonchev–Trinajstić information content (AvgIpc) is 2.75. The van der Waals surface area contributed by atoms with E-state index in [4.69, 9.17) is 9.47 Å². The van der Waals surface area contributed by atoms with Crippen LogP contribution in [0.1, 0.15) is 32.6 Å². The van der Waals surface area contributed by atoms with Crippen LogP contribution in [0.3, 0.4) is 0 Å². The maximum absolute atomic E-state index is 12.2. The Balaban J connectivity index is 1.42. The van der Waals surface area contributed by atoms with Crippen LogP contribution in [0.5, 0.6) is 5.75 Å². The van der Waals surface area contributed by atoms with E-state index >= 15 is 0 Å². The van der Waals surface area contributed by atoms with Crippen molar-refractivity contribution in [1.82, 2.24) is 14.8 Å². The summed E-state index contributed by atoms with van der Waals surface area (Å²) >= 11 is 0. The van der Waals surface area contributed by atoms with E-state index in [0.717, 1.165) is 23.7 Å². The molecule has 8 heteroatoms. The summed E-state index contributed by atoms with van der Waals surface area (Å²) in [5.41, 5.74) is 0.683. The van der Waals surface area contributed by atoms with E-state index in [1.165, 1.54) is 6.07 Å². The van der Waals surface area contributed by atoms with Crippen LogP contribution in [0.15, 0.2) is 35.1 Å². The maximum Gasteiger partial charge on any atom is 0.409 e. The van der Waals surface area contributed by atoms with Gasteiger partial charge >= 0.3 is 6.09 Å². The SMILES string of the molecule is CCOC(=O)N1CCC(NC(=O)CCCOc2cc(=O)n(C)c3ccccc23)CC1. The van der Waals surface area contributed by atoms with Crippen molar-refractivity contribution >= 4 is 22.9 Å². The second-order valence-corrected chi connectivity index (χ2v) is 7.40. The Bertz CT molecular complexity index is 947. The molecular weight excluding hydrogens is 386 g/mol. The first kappa shape index (κ1) is 21.7. The Morgan fingerprint density at radius 2 is 1.93 bits per heavy atom. The van der Waals surface area contributed by atoms with Gasteiger partial charge < -0.3 is 24.3 Å². The number of amides is 2. The lowest BCUT2D eigenvalue weighted by Gasteiger charge is -2.31. The van der Waals surface area contributed by atoms with E-state index in [-0.39, 0.29) is 23.6 Å². The second-order valence-electron chi connectivity index (χ2n) is 7.40. The lowest BCUT2D eigenvalue weighted by molar-refractivity contribution is -0.122. The van der Waals surface area contributed by atoms with E-state index in [9.17, 15) is 14.4 Å². The topological polar surface area (TPSA) is 89.9 Å². The number of nitrogens with zero attached hydrogens (tertiary/aromatic N) is 2. The highest BCUT2D eigenvalue weighted by atomic mass is 16.6. The number of hydrogen-bond acceptors (Lipinski definition) is 5. The minimum absolute atomic E-state index is 0.0259. The third kappa shape index (κ3) is 5.31. The lowest BCUT2D eigenvalue weighted by Crippen LogP contribution is -2.46. The average molecular weight is 415 g/mol. The number of rotatable bonds is 7. The quantitative estimate of drug-likeness (QED) is 0.702. The first-order valence-electron chi connectivity index (χ1n) is 10.4. The maximum atomic E-state index is 12.2. The number of nitrogens with one attached hydrogen (secondary N) is 1. The molecule has 3 rings (SSSR count). The molecule has 0 saturated carbocycles. The normalized spacial score (nSPS) is 14.5. The van der Waals surface area contributed by atoms with Crippen LogP contribution in [0, 0.1) is 0 Å². The van der Waals surface area contributed by atoms with Gasteiger partial charge in [-0.15, -0.1) is 0 Å². The molecule has 0 bridgehead atoms. The predicted octanol–water partition coefficient (Wildman–Crippen LogP) is 2.43. The number of para-hydroxylation sites is 1. The first-order valence-corrected chi connectivity index (χ1v) is 10.4. The lowest BCUT2D eigenvalue weighted by atomic mass is 10.1. The Labute approximate surface area is 175 Å². The van der Waals surface area contributed by atoms with Crippen molar-refractivity contribution in [1.29, 1.82) is 0 Å². The second kappa shape index (κ2) is 10.1. The van der Waals surface area contributed by atoms with Crippen molar-refractivity contribution in [2.75, 3.05) is 26.3 Å². The first-order chi connectivity index (χ1) is 14.5. The molecule has 1 N–H and O–H groups in total. The number of fused-ring (bicyclic) bond motifs is 1. The molecule has 1 aromatic carbocycles. The number of piperidine rings is 1. The molecular formula is C22H29N3O5. The van der Waals surface area contributed by atoms with Gasteiger partial charge in [-0.25, -0.2) is 4.79 Å². The Morgan fingerprint density at radius 1 is 1.20 bits per heavy atom. The molecule has 0 spiro atoms. The number of hydrogen-bond donors (Lipinski definition) is 1. The van der Waals surface area contributed by atoms with E-state index in [2.05, 4.69) is 5.32 Å². The van der Waals surface area contributed by atoms with Gasteiger partial charge in [0, 0.05) is 44.1 Å². The van der Waals surface area contributed by atoms with Gasteiger partial charge in [0.2, 0.25) is 5.91 Å². The van der Waals surface area contributed by atoms with Crippen LogP contribution in [0.4, 0.5) is 4.79 Å².